The first-order chi connectivity index (χ1) is 6.48. The molecule has 0 saturated heterocycles. The second-order valence-corrected chi connectivity index (χ2v) is 5.13. The predicted molar refractivity (Wildman–Crippen MR) is 52.5 cm³/mol. The summed E-state index contributed by atoms with van der Waals surface area (Å²) >= 11 is 0. The quantitative estimate of drug-likeness (QED) is 0.743. The fraction of sp³-hybridized carbons (Fsp3) is 1.00. The van der Waals surface area contributed by atoms with Crippen LogP contribution in [0, 0.1) is 11.8 Å². The third-order valence-corrected chi connectivity index (χ3v) is 3.72. The van der Waals surface area contributed by atoms with Gasteiger partial charge in [0, 0.05) is 24.9 Å². The van der Waals surface area contributed by atoms with E-state index in [0.29, 0.717) is 12.5 Å². The average molecular weight is 203 g/mol. The number of halogens is 2. The highest BCUT2D eigenvalue weighted by Gasteiger charge is 2.42. The molecule has 2 aliphatic carbocycles. The SMILES string of the molecule is CC1CC1C(C)NC1CCC(F)(F)C1. The Labute approximate surface area is 84.3 Å². The summed E-state index contributed by atoms with van der Waals surface area (Å²) in [7, 11) is 0. The highest BCUT2D eigenvalue weighted by atomic mass is 19.3. The molecule has 0 amide bonds. The monoisotopic (exact) mass is 203 g/mol. The Morgan fingerprint density at radius 3 is 2.50 bits per heavy atom. The van der Waals surface area contributed by atoms with E-state index in [4.69, 9.17) is 0 Å². The third kappa shape index (κ3) is 2.25. The van der Waals surface area contributed by atoms with Crippen molar-refractivity contribution < 1.29 is 8.78 Å². The summed E-state index contributed by atoms with van der Waals surface area (Å²) in [4.78, 5) is 0. The van der Waals surface area contributed by atoms with E-state index in [9.17, 15) is 8.78 Å². The van der Waals surface area contributed by atoms with Crippen molar-refractivity contribution in [3.63, 3.8) is 0 Å². The number of alkyl halides is 2. The van der Waals surface area contributed by atoms with Crippen LogP contribution in [0.5, 0.6) is 0 Å². The molecule has 2 rings (SSSR count). The zero-order valence-electron chi connectivity index (χ0n) is 8.89. The first-order valence-corrected chi connectivity index (χ1v) is 5.62. The van der Waals surface area contributed by atoms with Gasteiger partial charge in [0.1, 0.15) is 0 Å². The third-order valence-electron chi connectivity index (χ3n) is 3.72. The molecule has 2 saturated carbocycles. The van der Waals surface area contributed by atoms with Crippen molar-refractivity contribution in [1.82, 2.24) is 5.32 Å². The molecule has 0 aromatic carbocycles. The maximum Gasteiger partial charge on any atom is 0.249 e. The van der Waals surface area contributed by atoms with E-state index < -0.39 is 5.92 Å². The molecule has 0 aliphatic heterocycles. The van der Waals surface area contributed by atoms with Gasteiger partial charge in [0.2, 0.25) is 5.92 Å². The maximum atomic E-state index is 12.9. The molecular formula is C11H19F2N. The number of nitrogens with one attached hydrogen (secondary N) is 1. The molecule has 0 aromatic rings. The molecule has 0 heterocycles. The Morgan fingerprint density at radius 2 is 2.07 bits per heavy atom. The van der Waals surface area contributed by atoms with E-state index in [-0.39, 0.29) is 18.9 Å². The van der Waals surface area contributed by atoms with Crippen LogP contribution >= 0.6 is 0 Å². The molecule has 0 spiro atoms. The lowest BCUT2D eigenvalue weighted by molar-refractivity contribution is 0.00656. The summed E-state index contributed by atoms with van der Waals surface area (Å²) in [6.45, 7) is 4.36. The van der Waals surface area contributed by atoms with Crippen molar-refractivity contribution in [3.05, 3.63) is 0 Å². The molecule has 4 atom stereocenters. The predicted octanol–water partition coefficient (Wildman–Crippen LogP) is 2.81. The lowest BCUT2D eigenvalue weighted by atomic mass is 10.1. The van der Waals surface area contributed by atoms with E-state index in [1.54, 1.807) is 0 Å². The minimum absolute atomic E-state index is 0.0401. The highest BCUT2D eigenvalue weighted by Crippen LogP contribution is 2.42. The molecule has 14 heavy (non-hydrogen) atoms. The van der Waals surface area contributed by atoms with Crippen LogP contribution < -0.4 is 5.32 Å². The Balaban J connectivity index is 1.76. The highest BCUT2D eigenvalue weighted by molar-refractivity contribution is 4.94. The summed E-state index contributed by atoms with van der Waals surface area (Å²) in [6, 6.07) is 0.469. The smallest absolute Gasteiger partial charge is 0.249 e. The number of rotatable bonds is 3. The number of hydrogen-bond donors (Lipinski definition) is 1. The van der Waals surface area contributed by atoms with Crippen molar-refractivity contribution in [3.8, 4) is 0 Å². The van der Waals surface area contributed by atoms with Crippen LogP contribution in [-0.2, 0) is 0 Å². The van der Waals surface area contributed by atoms with E-state index in [1.807, 2.05) is 0 Å². The second-order valence-electron chi connectivity index (χ2n) is 5.13. The largest absolute Gasteiger partial charge is 0.311 e. The Hall–Kier alpha value is -0.180. The molecule has 2 aliphatic rings. The standard InChI is InChI=1S/C11H19F2N/c1-7-5-10(7)8(2)14-9-3-4-11(12,13)6-9/h7-10,14H,3-6H2,1-2H3. The van der Waals surface area contributed by atoms with E-state index in [1.165, 1.54) is 6.42 Å². The van der Waals surface area contributed by atoms with E-state index in [2.05, 4.69) is 19.2 Å². The van der Waals surface area contributed by atoms with Crippen molar-refractivity contribution in [2.75, 3.05) is 0 Å². The van der Waals surface area contributed by atoms with Gasteiger partial charge < -0.3 is 5.32 Å². The van der Waals surface area contributed by atoms with Crippen molar-refractivity contribution in [2.45, 2.75) is 57.5 Å². The van der Waals surface area contributed by atoms with Gasteiger partial charge in [-0.2, -0.15) is 0 Å². The molecular weight excluding hydrogens is 184 g/mol. The van der Waals surface area contributed by atoms with Crippen LogP contribution in [0.25, 0.3) is 0 Å². The summed E-state index contributed by atoms with van der Waals surface area (Å²) in [5.41, 5.74) is 0. The van der Waals surface area contributed by atoms with Crippen LogP contribution in [0.4, 0.5) is 8.78 Å². The van der Waals surface area contributed by atoms with E-state index in [0.717, 1.165) is 11.8 Å². The van der Waals surface area contributed by atoms with Gasteiger partial charge in [0.15, 0.2) is 0 Å². The molecule has 3 heteroatoms. The molecule has 82 valence electrons. The molecule has 0 bridgehead atoms. The molecule has 1 nitrogen and oxygen atoms in total. The Morgan fingerprint density at radius 1 is 1.43 bits per heavy atom. The van der Waals surface area contributed by atoms with Gasteiger partial charge in [-0.15, -0.1) is 0 Å². The Bertz CT molecular complexity index is 217. The zero-order valence-corrected chi connectivity index (χ0v) is 8.89. The summed E-state index contributed by atoms with van der Waals surface area (Å²) in [6.07, 6.45) is 2.01. The van der Waals surface area contributed by atoms with Gasteiger partial charge in [-0.1, -0.05) is 6.92 Å². The van der Waals surface area contributed by atoms with E-state index >= 15 is 0 Å². The molecule has 2 fully saturated rings. The fourth-order valence-corrected chi connectivity index (χ4v) is 2.64. The van der Waals surface area contributed by atoms with Gasteiger partial charge in [-0.25, -0.2) is 8.78 Å². The second kappa shape index (κ2) is 3.44. The summed E-state index contributed by atoms with van der Waals surface area (Å²) < 4.78 is 25.8. The van der Waals surface area contributed by atoms with Gasteiger partial charge in [-0.05, 0) is 31.6 Å². The van der Waals surface area contributed by atoms with Crippen LogP contribution in [0.2, 0.25) is 0 Å². The topological polar surface area (TPSA) is 12.0 Å². The fourth-order valence-electron chi connectivity index (χ4n) is 2.64. The Kier molecular flexibility index (Phi) is 2.54. The average Bonchev–Trinajstić information content (AvgIpc) is 2.69. The van der Waals surface area contributed by atoms with Crippen molar-refractivity contribution in [1.29, 1.82) is 0 Å². The lowest BCUT2D eigenvalue weighted by Gasteiger charge is -2.19. The summed E-state index contributed by atoms with van der Waals surface area (Å²) in [5, 5.41) is 3.35. The zero-order chi connectivity index (χ0) is 10.3. The lowest BCUT2D eigenvalue weighted by Crippen LogP contribution is -2.37. The van der Waals surface area contributed by atoms with Gasteiger partial charge >= 0.3 is 0 Å². The van der Waals surface area contributed by atoms with Crippen LogP contribution in [0.15, 0.2) is 0 Å². The summed E-state index contributed by atoms with van der Waals surface area (Å²) in [5.74, 6) is -0.893. The molecule has 0 aromatic heterocycles. The minimum atomic E-state index is -2.41. The van der Waals surface area contributed by atoms with Crippen LogP contribution in [0.3, 0.4) is 0 Å². The normalized spacial score (nSPS) is 42.4. The number of hydrogen-bond acceptors (Lipinski definition) is 1. The van der Waals surface area contributed by atoms with Crippen molar-refractivity contribution >= 4 is 0 Å². The molecule has 1 N–H and O–H groups in total. The maximum absolute atomic E-state index is 12.9. The first-order valence-electron chi connectivity index (χ1n) is 5.62. The minimum Gasteiger partial charge on any atom is -0.311 e. The van der Waals surface area contributed by atoms with Gasteiger partial charge in [0.05, 0.1) is 0 Å². The van der Waals surface area contributed by atoms with Gasteiger partial charge in [-0.3, -0.25) is 0 Å². The van der Waals surface area contributed by atoms with Gasteiger partial charge in [0.25, 0.3) is 0 Å². The van der Waals surface area contributed by atoms with Crippen LogP contribution in [0.1, 0.15) is 39.5 Å². The first kappa shape index (κ1) is 10.3. The van der Waals surface area contributed by atoms with Crippen molar-refractivity contribution in [2.24, 2.45) is 11.8 Å². The van der Waals surface area contributed by atoms with Crippen LogP contribution in [-0.4, -0.2) is 18.0 Å². The molecule has 0 radical (unpaired) electrons. The molecule has 4 unspecified atom stereocenters.